The molecule has 1 aromatic carbocycles. The first-order valence-electron chi connectivity index (χ1n) is 6.17. The number of benzene rings is 1. The highest BCUT2D eigenvalue weighted by Crippen LogP contribution is 2.21. The van der Waals surface area contributed by atoms with Crippen molar-refractivity contribution in [3.63, 3.8) is 0 Å². The lowest BCUT2D eigenvalue weighted by Crippen LogP contribution is -2.37. The zero-order valence-electron chi connectivity index (χ0n) is 10.6. The summed E-state index contributed by atoms with van der Waals surface area (Å²) in [6, 6.07) is 2.22. The van der Waals surface area contributed by atoms with Crippen LogP contribution in [0.4, 0.5) is 14.5 Å². The van der Waals surface area contributed by atoms with Crippen LogP contribution in [-0.4, -0.2) is 30.5 Å². The smallest absolute Gasteiger partial charge is 0.251 e. The topological polar surface area (TPSA) is 41.1 Å². The molecule has 6 heteroatoms. The molecule has 0 unspecified atom stereocenters. The SMILES string of the molecule is CNc1c(F)cc(C(=O)NC2CCSCC2)cc1F. The van der Waals surface area contributed by atoms with E-state index in [-0.39, 0.29) is 17.3 Å². The second kappa shape index (κ2) is 6.23. The molecular weight excluding hydrogens is 270 g/mol. The summed E-state index contributed by atoms with van der Waals surface area (Å²) in [4.78, 5) is 11.9. The standard InChI is InChI=1S/C13H16F2N2OS/c1-16-12-10(14)6-8(7-11(12)15)13(18)17-9-2-4-19-5-3-9/h6-7,9,16H,2-5H2,1H3,(H,17,18). The van der Waals surface area contributed by atoms with Crippen molar-refractivity contribution in [2.24, 2.45) is 0 Å². The Hall–Kier alpha value is -1.30. The Bertz CT molecular complexity index is 453. The van der Waals surface area contributed by atoms with Gasteiger partial charge in [-0.1, -0.05) is 0 Å². The Morgan fingerprint density at radius 1 is 1.26 bits per heavy atom. The minimum atomic E-state index is -0.758. The van der Waals surface area contributed by atoms with E-state index in [1.807, 2.05) is 11.8 Å². The monoisotopic (exact) mass is 286 g/mol. The highest BCUT2D eigenvalue weighted by molar-refractivity contribution is 7.99. The van der Waals surface area contributed by atoms with Gasteiger partial charge in [-0.2, -0.15) is 11.8 Å². The zero-order chi connectivity index (χ0) is 13.8. The highest BCUT2D eigenvalue weighted by atomic mass is 32.2. The summed E-state index contributed by atoms with van der Waals surface area (Å²) in [5, 5.41) is 5.25. The van der Waals surface area contributed by atoms with Crippen LogP contribution in [0, 0.1) is 11.6 Å². The fourth-order valence-electron chi connectivity index (χ4n) is 2.05. The lowest BCUT2D eigenvalue weighted by molar-refractivity contribution is 0.0934. The molecule has 0 radical (unpaired) electrons. The first-order valence-corrected chi connectivity index (χ1v) is 7.32. The van der Waals surface area contributed by atoms with E-state index < -0.39 is 17.5 Å². The number of nitrogens with one attached hydrogen (secondary N) is 2. The van der Waals surface area contributed by atoms with E-state index in [1.165, 1.54) is 7.05 Å². The molecule has 1 saturated heterocycles. The molecular formula is C13H16F2N2OS. The third-order valence-electron chi connectivity index (χ3n) is 3.11. The van der Waals surface area contributed by atoms with Crippen LogP contribution in [0.25, 0.3) is 0 Å². The zero-order valence-corrected chi connectivity index (χ0v) is 11.4. The lowest BCUT2D eigenvalue weighted by atomic mass is 10.1. The Morgan fingerprint density at radius 2 is 1.84 bits per heavy atom. The van der Waals surface area contributed by atoms with E-state index in [1.54, 1.807) is 0 Å². The number of thioether (sulfide) groups is 1. The van der Waals surface area contributed by atoms with Gasteiger partial charge in [0.2, 0.25) is 0 Å². The summed E-state index contributed by atoms with van der Waals surface area (Å²) in [5.74, 6) is 0.0784. The molecule has 1 aromatic rings. The number of halogens is 2. The fraction of sp³-hybridized carbons (Fsp3) is 0.462. The maximum Gasteiger partial charge on any atom is 0.251 e. The first kappa shape index (κ1) is 14.1. The number of amides is 1. The number of anilines is 1. The molecule has 2 rings (SSSR count). The minimum Gasteiger partial charge on any atom is -0.383 e. The van der Waals surface area contributed by atoms with Gasteiger partial charge >= 0.3 is 0 Å². The van der Waals surface area contributed by atoms with Crippen LogP contribution in [-0.2, 0) is 0 Å². The normalized spacial score (nSPS) is 16.2. The Balaban J connectivity index is 2.10. The van der Waals surface area contributed by atoms with E-state index >= 15 is 0 Å². The van der Waals surface area contributed by atoms with Gasteiger partial charge in [-0.3, -0.25) is 4.79 Å². The predicted octanol–water partition coefficient (Wildman–Crippen LogP) is 2.63. The maximum atomic E-state index is 13.6. The van der Waals surface area contributed by atoms with Crippen molar-refractivity contribution in [2.45, 2.75) is 18.9 Å². The van der Waals surface area contributed by atoms with E-state index in [0.717, 1.165) is 36.5 Å². The van der Waals surface area contributed by atoms with E-state index in [0.29, 0.717) is 0 Å². The van der Waals surface area contributed by atoms with Gasteiger partial charge in [-0.05, 0) is 36.5 Å². The van der Waals surface area contributed by atoms with Crippen molar-refractivity contribution >= 4 is 23.4 Å². The van der Waals surface area contributed by atoms with Gasteiger partial charge in [-0.15, -0.1) is 0 Å². The van der Waals surface area contributed by atoms with E-state index in [4.69, 9.17) is 0 Å². The molecule has 0 aliphatic carbocycles. The summed E-state index contributed by atoms with van der Waals surface area (Å²) in [7, 11) is 1.43. The summed E-state index contributed by atoms with van der Waals surface area (Å²) >= 11 is 1.85. The molecule has 1 fully saturated rings. The van der Waals surface area contributed by atoms with Gasteiger partial charge in [-0.25, -0.2) is 8.78 Å². The van der Waals surface area contributed by atoms with Gasteiger partial charge in [0.1, 0.15) is 17.3 Å². The molecule has 2 N–H and O–H groups in total. The first-order chi connectivity index (χ1) is 9.11. The Labute approximate surface area is 115 Å². The number of hydrogen-bond acceptors (Lipinski definition) is 3. The Morgan fingerprint density at radius 3 is 2.37 bits per heavy atom. The van der Waals surface area contributed by atoms with Gasteiger partial charge in [0.25, 0.3) is 5.91 Å². The number of carbonyl (C=O) groups excluding carboxylic acids is 1. The van der Waals surface area contributed by atoms with Crippen LogP contribution in [0.5, 0.6) is 0 Å². The quantitative estimate of drug-likeness (QED) is 0.897. The van der Waals surface area contributed by atoms with Crippen LogP contribution < -0.4 is 10.6 Å². The van der Waals surface area contributed by atoms with Crippen LogP contribution in [0.1, 0.15) is 23.2 Å². The molecule has 0 aromatic heterocycles. The second-order valence-electron chi connectivity index (χ2n) is 4.43. The van der Waals surface area contributed by atoms with Crippen molar-refractivity contribution in [3.8, 4) is 0 Å². The predicted molar refractivity (Wildman–Crippen MR) is 73.7 cm³/mol. The molecule has 0 bridgehead atoms. The molecule has 19 heavy (non-hydrogen) atoms. The van der Waals surface area contributed by atoms with E-state index in [9.17, 15) is 13.6 Å². The lowest BCUT2D eigenvalue weighted by Gasteiger charge is -2.22. The Kier molecular flexibility index (Phi) is 4.63. The molecule has 1 aliphatic heterocycles. The summed E-state index contributed by atoms with van der Waals surface area (Å²) in [6.45, 7) is 0. The third-order valence-corrected chi connectivity index (χ3v) is 4.16. The summed E-state index contributed by atoms with van der Waals surface area (Å²) in [5.41, 5.74) is -0.196. The third kappa shape index (κ3) is 3.37. The molecule has 0 atom stereocenters. The van der Waals surface area contributed by atoms with Crippen molar-refractivity contribution in [2.75, 3.05) is 23.9 Å². The van der Waals surface area contributed by atoms with Crippen LogP contribution in [0.15, 0.2) is 12.1 Å². The van der Waals surface area contributed by atoms with Gasteiger partial charge in [0, 0.05) is 18.7 Å². The van der Waals surface area contributed by atoms with Crippen molar-refractivity contribution in [1.82, 2.24) is 5.32 Å². The average Bonchev–Trinajstić information content (AvgIpc) is 2.39. The largest absolute Gasteiger partial charge is 0.383 e. The molecule has 3 nitrogen and oxygen atoms in total. The molecule has 0 saturated carbocycles. The highest BCUT2D eigenvalue weighted by Gasteiger charge is 2.19. The molecule has 0 spiro atoms. The second-order valence-corrected chi connectivity index (χ2v) is 5.65. The summed E-state index contributed by atoms with van der Waals surface area (Å²) in [6.07, 6.45) is 1.80. The molecule has 1 amide bonds. The van der Waals surface area contributed by atoms with E-state index in [2.05, 4.69) is 10.6 Å². The average molecular weight is 286 g/mol. The summed E-state index contributed by atoms with van der Waals surface area (Å²) < 4.78 is 27.1. The van der Waals surface area contributed by atoms with Crippen molar-refractivity contribution < 1.29 is 13.6 Å². The molecule has 104 valence electrons. The number of rotatable bonds is 3. The van der Waals surface area contributed by atoms with Crippen molar-refractivity contribution in [3.05, 3.63) is 29.3 Å². The maximum absolute atomic E-state index is 13.6. The van der Waals surface area contributed by atoms with Crippen LogP contribution in [0.2, 0.25) is 0 Å². The number of carbonyl (C=O) groups is 1. The van der Waals surface area contributed by atoms with Crippen LogP contribution in [0.3, 0.4) is 0 Å². The van der Waals surface area contributed by atoms with Crippen molar-refractivity contribution in [1.29, 1.82) is 0 Å². The molecule has 1 aliphatic rings. The molecule has 1 heterocycles. The van der Waals surface area contributed by atoms with Gasteiger partial charge in [0.15, 0.2) is 0 Å². The number of hydrogen-bond donors (Lipinski definition) is 2. The minimum absolute atomic E-state index is 0.0206. The fourth-order valence-corrected chi connectivity index (χ4v) is 3.16. The van der Waals surface area contributed by atoms with Gasteiger partial charge in [0.05, 0.1) is 0 Å². The van der Waals surface area contributed by atoms with Crippen LogP contribution >= 0.6 is 11.8 Å². The van der Waals surface area contributed by atoms with Gasteiger partial charge < -0.3 is 10.6 Å².